The minimum atomic E-state index is -3.71. The van der Waals surface area contributed by atoms with Gasteiger partial charge in [0, 0.05) is 0 Å². The van der Waals surface area contributed by atoms with Crippen molar-refractivity contribution < 1.29 is 13.3 Å². The Labute approximate surface area is 60.9 Å². The Bertz CT molecular complexity index is 101. The molecule has 0 aromatic rings. The Kier molecular flexibility index (Phi) is 4.20. The standard InChI is InChI=1S/C3H7FIO2P/c1-2-3-7-8(4,5)6/h2-3H2,1H3. The van der Waals surface area contributed by atoms with E-state index in [0.717, 1.165) is 0 Å². The molecule has 2 nitrogen and oxygen atoms in total. The molecule has 0 amide bonds. The summed E-state index contributed by atoms with van der Waals surface area (Å²) in [5, 5.41) is -3.71. The van der Waals surface area contributed by atoms with Gasteiger partial charge in [0.15, 0.2) is 0 Å². The first-order valence-electron chi connectivity index (χ1n) is 2.20. The third kappa shape index (κ3) is 6.85. The van der Waals surface area contributed by atoms with Crippen molar-refractivity contribution in [3.8, 4) is 0 Å². The second kappa shape index (κ2) is 3.80. The molecular formula is C3H7FIO2P. The number of rotatable bonds is 3. The first-order valence-corrected chi connectivity index (χ1v) is 6.50. The molecule has 0 aromatic heterocycles. The molecule has 0 rings (SSSR count). The van der Waals surface area contributed by atoms with Gasteiger partial charge in [0.1, 0.15) is 0 Å². The maximum Gasteiger partial charge on any atom is 0.424 e. The van der Waals surface area contributed by atoms with Crippen molar-refractivity contribution in [2.75, 3.05) is 6.61 Å². The molecule has 8 heavy (non-hydrogen) atoms. The molecule has 0 bridgehead atoms. The van der Waals surface area contributed by atoms with E-state index in [2.05, 4.69) is 4.52 Å². The van der Waals surface area contributed by atoms with Gasteiger partial charge in [-0.05, 0) is 6.42 Å². The normalized spacial score (nSPS) is 17.9. The number of halogens is 2. The van der Waals surface area contributed by atoms with Crippen molar-refractivity contribution in [1.82, 2.24) is 0 Å². The molecule has 1 unspecified atom stereocenters. The van der Waals surface area contributed by atoms with Crippen molar-refractivity contribution in [3.63, 3.8) is 0 Å². The van der Waals surface area contributed by atoms with Gasteiger partial charge in [-0.1, -0.05) is 6.92 Å². The van der Waals surface area contributed by atoms with E-state index >= 15 is 0 Å². The summed E-state index contributed by atoms with van der Waals surface area (Å²) in [5.41, 5.74) is 0. The fraction of sp³-hybridized carbons (Fsp3) is 1.00. The second-order valence-electron chi connectivity index (χ2n) is 1.25. The lowest BCUT2D eigenvalue weighted by atomic mass is 10.5. The fourth-order valence-electron chi connectivity index (χ4n) is 0.198. The molecule has 0 aliphatic rings. The van der Waals surface area contributed by atoms with E-state index in [1.165, 1.54) is 22.0 Å². The van der Waals surface area contributed by atoms with E-state index in [1.807, 2.05) is 6.92 Å². The van der Waals surface area contributed by atoms with Crippen molar-refractivity contribution >= 4 is 27.4 Å². The highest BCUT2D eigenvalue weighted by molar-refractivity contribution is 14.2. The topological polar surface area (TPSA) is 26.3 Å². The molecule has 0 saturated heterocycles. The zero-order valence-corrected chi connectivity index (χ0v) is 7.49. The van der Waals surface area contributed by atoms with Crippen LogP contribution in [0.4, 0.5) is 4.20 Å². The van der Waals surface area contributed by atoms with Crippen molar-refractivity contribution in [2.45, 2.75) is 13.3 Å². The van der Waals surface area contributed by atoms with Crippen LogP contribution in [-0.2, 0) is 9.09 Å². The summed E-state index contributed by atoms with van der Waals surface area (Å²) in [6.07, 6.45) is 0.691. The lowest BCUT2D eigenvalue weighted by molar-refractivity contribution is 0.304. The average Bonchev–Trinajstić information content (AvgIpc) is 1.59. The van der Waals surface area contributed by atoms with E-state index in [0.29, 0.717) is 6.42 Å². The SMILES string of the molecule is CCCOP(=O)(F)I. The van der Waals surface area contributed by atoms with Gasteiger partial charge in [-0.15, -0.1) is 4.20 Å². The first-order chi connectivity index (χ1) is 3.56. The highest BCUT2D eigenvalue weighted by atomic mass is 127. The molecule has 0 fully saturated rings. The highest BCUT2D eigenvalue weighted by Crippen LogP contribution is 2.57. The van der Waals surface area contributed by atoms with Crippen LogP contribution >= 0.6 is 27.4 Å². The van der Waals surface area contributed by atoms with Crippen LogP contribution in [0, 0.1) is 0 Å². The van der Waals surface area contributed by atoms with E-state index in [4.69, 9.17) is 0 Å². The predicted molar refractivity (Wildman–Crippen MR) is 39.0 cm³/mol. The summed E-state index contributed by atoms with van der Waals surface area (Å²) in [5.74, 6) is 0. The van der Waals surface area contributed by atoms with Crippen molar-refractivity contribution in [2.24, 2.45) is 0 Å². The smallest absolute Gasteiger partial charge is 0.298 e. The maximum absolute atomic E-state index is 11.9. The molecule has 0 heterocycles. The molecule has 50 valence electrons. The molecule has 0 N–H and O–H groups in total. The van der Waals surface area contributed by atoms with Gasteiger partial charge in [-0.25, -0.2) is 4.57 Å². The Hall–Kier alpha value is 0.850. The third-order valence-corrected chi connectivity index (χ3v) is 1.76. The molecule has 0 saturated carbocycles. The van der Waals surface area contributed by atoms with Gasteiger partial charge in [0.05, 0.1) is 28.6 Å². The second-order valence-corrected chi connectivity index (χ2v) is 5.79. The monoisotopic (exact) mass is 252 g/mol. The van der Waals surface area contributed by atoms with Gasteiger partial charge < -0.3 is 0 Å². The fourth-order valence-corrected chi connectivity index (χ4v) is 1.18. The summed E-state index contributed by atoms with van der Waals surface area (Å²) in [6, 6.07) is 0. The minimum Gasteiger partial charge on any atom is -0.298 e. The molecule has 1 atom stereocenters. The van der Waals surface area contributed by atoms with Crippen LogP contribution in [0.5, 0.6) is 0 Å². The number of hydrogen-bond donors (Lipinski definition) is 0. The lowest BCUT2D eigenvalue weighted by Gasteiger charge is -1.98. The van der Waals surface area contributed by atoms with Crippen LogP contribution in [0.3, 0.4) is 0 Å². The van der Waals surface area contributed by atoms with Crippen LogP contribution in [0.25, 0.3) is 0 Å². The average molecular weight is 252 g/mol. The molecule has 0 aliphatic carbocycles. The Balaban J connectivity index is 3.26. The predicted octanol–water partition coefficient (Wildman–Crippen LogP) is 2.93. The van der Waals surface area contributed by atoms with Crippen molar-refractivity contribution in [3.05, 3.63) is 0 Å². The molecule has 5 heteroatoms. The van der Waals surface area contributed by atoms with Crippen molar-refractivity contribution in [1.29, 1.82) is 0 Å². The Morgan fingerprint density at radius 2 is 2.38 bits per heavy atom. The molecule has 0 aliphatic heterocycles. The van der Waals surface area contributed by atoms with Gasteiger partial charge in [0.25, 0.3) is 0 Å². The quantitative estimate of drug-likeness (QED) is 0.570. The third-order valence-electron chi connectivity index (χ3n) is 0.446. The van der Waals surface area contributed by atoms with Crippen LogP contribution < -0.4 is 0 Å². The van der Waals surface area contributed by atoms with Gasteiger partial charge in [-0.3, -0.25) is 4.52 Å². The van der Waals surface area contributed by atoms with E-state index in [9.17, 15) is 8.76 Å². The van der Waals surface area contributed by atoms with Crippen LogP contribution in [0.2, 0.25) is 0 Å². The van der Waals surface area contributed by atoms with Crippen LogP contribution in [-0.4, -0.2) is 6.61 Å². The lowest BCUT2D eigenvalue weighted by Crippen LogP contribution is -1.81. The largest absolute Gasteiger partial charge is 0.424 e. The first kappa shape index (κ1) is 8.85. The van der Waals surface area contributed by atoms with E-state index in [-0.39, 0.29) is 6.61 Å². The minimum absolute atomic E-state index is 0.233. The Morgan fingerprint density at radius 3 is 2.50 bits per heavy atom. The van der Waals surface area contributed by atoms with E-state index in [1.54, 1.807) is 0 Å². The highest BCUT2D eigenvalue weighted by Gasteiger charge is 2.13. The Morgan fingerprint density at radius 1 is 1.88 bits per heavy atom. The van der Waals surface area contributed by atoms with E-state index < -0.39 is 5.32 Å². The maximum atomic E-state index is 11.9. The zero-order chi connectivity index (χ0) is 6.62. The summed E-state index contributed by atoms with van der Waals surface area (Å²) in [4.78, 5) is 0. The zero-order valence-electron chi connectivity index (χ0n) is 4.43. The van der Waals surface area contributed by atoms with Crippen LogP contribution in [0.1, 0.15) is 13.3 Å². The molecule has 0 aromatic carbocycles. The molecule has 0 spiro atoms. The summed E-state index contributed by atoms with van der Waals surface area (Å²) >= 11 is 1.17. The molecular weight excluding hydrogens is 245 g/mol. The van der Waals surface area contributed by atoms with Gasteiger partial charge in [0.2, 0.25) is 0 Å². The number of hydrogen-bond acceptors (Lipinski definition) is 2. The molecule has 0 radical (unpaired) electrons. The van der Waals surface area contributed by atoms with Crippen LogP contribution in [0.15, 0.2) is 0 Å². The summed E-state index contributed by atoms with van der Waals surface area (Å²) in [6.45, 7) is 2.06. The van der Waals surface area contributed by atoms with Gasteiger partial charge in [-0.2, -0.15) is 0 Å². The summed E-state index contributed by atoms with van der Waals surface area (Å²) in [7, 11) is 0. The van der Waals surface area contributed by atoms with Gasteiger partial charge >= 0.3 is 5.32 Å². The summed E-state index contributed by atoms with van der Waals surface area (Å²) < 4.78 is 26.2.